The Morgan fingerprint density at radius 2 is 1.00 bits per heavy atom. The number of benzene rings is 2. The number of halogens is 2. The number of allylic oxidation sites excluding steroid dienone is 2. The van der Waals surface area contributed by atoms with Crippen LogP contribution in [-0.4, -0.2) is 36.5 Å². The molecule has 178 valence electrons. The first-order valence-electron chi connectivity index (χ1n) is 10.8. The first-order chi connectivity index (χ1) is 15.7. The zero-order chi connectivity index (χ0) is 24.5. The van der Waals surface area contributed by atoms with Crippen molar-refractivity contribution in [3.63, 3.8) is 0 Å². The van der Waals surface area contributed by atoms with E-state index in [-0.39, 0.29) is 25.2 Å². The number of aryl methyl sites for hydroxylation is 6. The summed E-state index contributed by atoms with van der Waals surface area (Å²) in [4.78, 5) is 12.0. The molecule has 33 heavy (non-hydrogen) atoms. The average Bonchev–Trinajstić information content (AvgIpc) is 2.88. The van der Waals surface area contributed by atoms with Crippen LogP contribution >= 0.6 is 20.2 Å². The number of hydrogen-bond acceptors (Lipinski definition) is 3. The van der Waals surface area contributed by atoms with Gasteiger partial charge in [-0.15, -0.1) is 0 Å². The Hall–Kier alpha value is -1.68. The molecule has 0 amide bonds. The molecule has 0 aliphatic carbocycles. The maximum atomic E-state index is 4.86. The fourth-order valence-corrected chi connectivity index (χ4v) is 4.19. The number of hydrogen-bond donors (Lipinski definition) is 0. The zero-order valence-electron chi connectivity index (χ0n) is 20.4. The summed E-state index contributed by atoms with van der Waals surface area (Å²) < 4.78 is 0. The van der Waals surface area contributed by atoms with Gasteiger partial charge in [0.05, 0.1) is 23.5 Å². The van der Waals surface area contributed by atoms with Crippen molar-refractivity contribution in [1.82, 2.24) is 4.90 Å². The van der Waals surface area contributed by atoms with Gasteiger partial charge in [-0.05, 0) is 70.8 Å². The van der Waals surface area contributed by atoms with Gasteiger partial charge in [0.25, 0.3) is 0 Å². The molecule has 0 N–H and O–H groups in total. The Morgan fingerprint density at radius 1 is 0.697 bits per heavy atom. The number of rotatable bonds is 4. The topological polar surface area (TPSA) is 28.0 Å². The van der Waals surface area contributed by atoms with Crippen molar-refractivity contribution in [3.05, 3.63) is 82.0 Å². The molecule has 0 bridgehead atoms. The maximum absolute atomic E-state index is 4.86. The molecule has 1 aliphatic heterocycles. The van der Waals surface area contributed by atoms with Gasteiger partial charge in [0, 0.05) is 12.4 Å². The molecular formula is C27H33Cl2FeN3. The second-order valence-electron chi connectivity index (χ2n) is 8.52. The van der Waals surface area contributed by atoms with Crippen LogP contribution in [0.15, 0.2) is 58.6 Å². The van der Waals surface area contributed by atoms with Crippen molar-refractivity contribution >= 4 is 44.0 Å². The van der Waals surface area contributed by atoms with Crippen LogP contribution in [0.5, 0.6) is 0 Å². The van der Waals surface area contributed by atoms with Gasteiger partial charge in [-0.1, -0.05) is 59.7 Å². The predicted octanol–water partition coefficient (Wildman–Crippen LogP) is 7.81. The van der Waals surface area contributed by atoms with Crippen molar-refractivity contribution < 1.29 is 13.1 Å². The molecule has 0 radical (unpaired) electrons. The third-order valence-electron chi connectivity index (χ3n) is 5.65. The van der Waals surface area contributed by atoms with Gasteiger partial charge < -0.3 is 0 Å². The van der Waals surface area contributed by atoms with E-state index >= 15 is 0 Å². The van der Waals surface area contributed by atoms with Gasteiger partial charge in [0.15, 0.2) is 0 Å². The fourth-order valence-electron chi connectivity index (χ4n) is 4.19. The number of nitrogens with zero attached hydrogens (tertiary/aromatic N) is 3. The van der Waals surface area contributed by atoms with Gasteiger partial charge in [0.2, 0.25) is 0 Å². The Balaban J connectivity index is 0.00000122. The molecule has 1 heterocycles. The van der Waals surface area contributed by atoms with Crippen LogP contribution in [0.25, 0.3) is 0 Å². The second-order valence-corrected chi connectivity index (χ2v) is 10.3. The van der Waals surface area contributed by atoms with Crippen molar-refractivity contribution in [2.75, 3.05) is 7.05 Å². The second kappa shape index (κ2) is 13.3. The summed E-state index contributed by atoms with van der Waals surface area (Å²) in [5.41, 5.74) is 9.54. The van der Waals surface area contributed by atoms with Crippen LogP contribution in [-0.2, 0) is 13.1 Å². The zero-order valence-corrected chi connectivity index (χ0v) is 23.0. The molecule has 2 aromatic carbocycles. The van der Waals surface area contributed by atoms with Crippen LogP contribution in [0.3, 0.4) is 0 Å². The Morgan fingerprint density at radius 3 is 1.30 bits per heavy atom. The van der Waals surface area contributed by atoms with Crippen LogP contribution in [0.2, 0.25) is 0 Å². The summed E-state index contributed by atoms with van der Waals surface area (Å²) in [6.45, 7) is 12.8. The summed E-state index contributed by atoms with van der Waals surface area (Å²) in [5.74, 6) is 0. The Bertz CT molecular complexity index is 944. The monoisotopic (exact) mass is 525 g/mol. The fraction of sp³-hybridized carbons (Fsp3) is 0.333. The first kappa shape index (κ1) is 27.6. The van der Waals surface area contributed by atoms with Gasteiger partial charge in [-0.3, -0.25) is 14.9 Å². The average molecular weight is 526 g/mol. The van der Waals surface area contributed by atoms with E-state index in [0.717, 1.165) is 11.4 Å². The van der Waals surface area contributed by atoms with Crippen molar-refractivity contribution in [3.8, 4) is 0 Å². The third kappa shape index (κ3) is 7.95. The third-order valence-corrected chi connectivity index (χ3v) is 5.65. The molecule has 2 aromatic rings. The molecule has 0 spiro atoms. The molecule has 3 nitrogen and oxygen atoms in total. The Labute approximate surface area is 213 Å². The molecule has 2 atom stereocenters. The van der Waals surface area contributed by atoms with Crippen LogP contribution in [0.1, 0.15) is 33.4 Å². The van der Waals surface area contributed by atoms with E-state index in [1.54, 1.807) is 0 Å². The number of likely N-dealkylation sites (N-methyl/N-ethyl adjacent to an activating group) is 1. The summed E-state index contributed by atoms with van der Waals surface area (Å²) in [5, 5.41) is 0. The van der Waals surface area contributed by atoms with E-state index < -0.39 is 0 Å². The summed E-state index contributed by atoms with van der Waals surface area (Å²) in [6, 6.07) is 8.95. The summed E-state index contributed by atoms with van der Waals surface area (Å²) in [7, 11) is 11.6. The van der Waals surface area contributed by atoms with Crippen LogP contribution < -0.4 is 0 Å². The molecule has 3 rings (SSSR count). The van der Waals surface area contributed by atoms with Gasteiger partial charge in [0.1, 0.15) is 0 Å². The molecule has 2 unspecified atom stereocenters. The van der Waals surface area contributed by atoms with Crippen molar-refractivity contribution in [1.29, 1.82) is 0 Å². The van der Waals surface area contributed by atoms with Crippen LogP contribution in [0.4, 0.5) is 11.4 Å². The normalized spacial score (nSPS) is 18.7. The summed E-state index contributed by atoms with van der Waals surface area (Å²) in [6.07, 6.45) is 12.6. The standard InChI is InChI=1S/C27H33N3.2ClH.Fe/c1-18-12-20(3)26(21(4)13-18)28-16-24-10-8-9-11-25(30(24)7)17-29-27-22(5)14-19(2)15-23(27)6;;;/h8-17,24-25H,1-7H3;2*1H;/q;;;+2/p-2. The predicted molar refractivity (Wildman–Crippen MR) is 143 cm³/mol. The SMILES string of the molecule is Cc1cc(C)c(N=CC2C=CC=CC(C=Nc3c(C)cc(C)cc3C)N2C)c(C)c1.[Cl][Fe][Cl]. The van der Waals surface area contributed by atoms with Crippen molar-refractivity contribution in [2.45, 2.75) is 53.6 Å². The number of aliphatic imine (C=N–C) groups is 2. The van der Waals surface area contributed by atoms with E-state index in [1.165, 1.54) is 33.4 Å². The van der Waals surface area contributed by atoms with Gasteiger partial charge in [-0.2, -0.15) is 0 Å². The molecular weight excluding hydrogens is 493 g/mol. The van der Waals surface area contributed by atoms with E-state index in [0.29, 0.717) is 0 Å². The molecule has 6 heteroatoms. The molecule has 0 fully saturated rings. The van der Waals surface area contributed by atoms with E-state index in [4.69, 9.17) is 30.2 Å². The van der Waals surface area contributed by atoms with Crippen LogP contribution in [0, 0.1) is 41.5 Å². The van der Waals surface area contributed by atoms with Crippen molar-refractivity contribution in [2.24, 2.45) is 9.98 Å². The summed E-state index contributed by atoms with van der Waals surface area (Å²) >= 11 is 0.194. The minimum absolute atomic E-state index is 0.0942. The molecule has 0 saturated carbocycles. The first-order valence-corrected chi connectivity index (χ1v) is 13.9. The van der Waals surface area contributed by atoms with Gasteiger partial charge >= 0.3 is 33.3 Å². The Kier molecular flexibility index (Phi) is 11.1. The molecule has 0 saturated heterocycles. The van der Waals surface area contributed by atoms with E-state index in [2.05, 4.69) is 102 Å². The van der Waals surface area contributed by atoms with Gasteiger partial charge in [-0.25, -0.2) is 0 Å². The quantitative estimate of drug-likeness (QED) is 0.295. The van der Waals surface area contributed by atoms with E-state index in [1.807, 2.05) is 12.4 Å². The molecule has 1 aliphatic rings. The minimum atomic E-state index is 0.0942. The van der Waals surface area contributed by atoms with E-state index in [9.17, 15) is 0 Å². The molecule has 0 aromatic heterocycles.